The molecule has 1 aliphatic carbocycles. The van der Waals surface area contributed by atoms with Crippen molar-refractivity contribution in [3.05, 3.63) is 42.2 Å². The highest BCUT2D eigenvalue weighted by molar-refractivity contribution is 5.96. The summed E-state index contributed by atoms with van der Waals surface area (Å²) in [6.45, 7) is 0. The van der Waals surface area contributed by atoms with E-state index in [4.69, 9.17) is 5.73 Å². The number of aromatic nitrogens is 1. The summed E-state index contributed by atoms with van der Waals surface area (Å²) in [6, 6.07) is 7.48. The fraction of sp³-hybridized carbons (Fsp3) is 0.333. The fourth-order valence-corrected chi connectivity index (χ4v) is 2.90. The lowest BCUT2D eigenvalue weighted by Crippen LogP contribution is -2.42. The molecule has 2 atom stereocenters. The van der Waals surface area contributed by atoms with Gasteiger partial charge in [0.25, 0.3) is 5.91 Å². The SMILES string of the molecule is NC(=O)C1CCCC1NC(=O)c1cc2ccccn2c1. The van der Waals surface area contributed by atoms with Gasteiger partial charge in [-0.3, -0.25) is 9.59 Å². The quantitative estimate of drug-likeness (QED) is 0.883. The molecule has 104 valence electrons. The minimum atomic E-state index is -0.324. The monoisotopic (exact) mass is 271 g/mol. The van der Waals surface area contributed by atoms with E-state index < -0.39 is 0 Å². The van der Waals surface area contributed by atoms with Crippen molar-refractivity contribution in [3.8, 4) is 0 Å². The number of nitrogens with one attached hydrogen (secondary N) is 1. The van der Waals surface area contributed by atoms with E-state index in [0.717, 1.165) is 24.8 Å². The standard InChI is InChI=1S/C15H17N3O2/c16-14(19)12-5-3-6-13(12)17-15(20)10-8-11-4-1-2-7-18(11)9-10/h1-2,4,7-9,12-13H,3,5-6H2,(H2,16,19)(H,17,20). The number of carbonyl (C=O) groups is 2. The molecule has 20 heavy (non-hydrogen) atoms. The van der Waals surface area contributed by atoms with Gasteiger partial charge >= 0.3 is 0 Å². The highest BCUT2D eigenvalue weighted by Crippen LogP contribution is 2.25. The van der Waals surface area contributed by atoms with E-state index in [1.807, 2.05) is 34.9 Å². The Labute approximate surface area is 116 Å². The van der Waals surface area contributed by atoms with Crippen LogP contribution in [0.5, 0.6) is 0 Å². The zero-order chi connectivity index (χ0) is 14.1. The predicted molar refractivity (Wildman–Crippen MR) is 75.2 cm³/mol. The first-order valence-corrected chi connectivity index (χ1v) is 6.82. The van der Waals surface area contributed by atoms with Crippen molar-refractivity contribution in [3.63, 3.8) is 0 Å². The lowest BCUT2D eigenvalue weighted by atomic mass is 10.0. The van der Waals surface area contributed by atoms with Crippen molar-refractivity contribution in [2.75, 3.05) is 0 Å². The van der Waals surface area contributed by atoms with Crippen molar-refractivity contribution in [2.24, 2.45) is 11.7 Å². The van der Waals surface area contributed by atoms with Crippen LogP contribution in [0.4, 0.5) is 0 Å². The third kappa shape index (κ3) is 2.27. The summed E-state index contributed by atoms with van der Waals surface area (Å²) in [6.07, 6.45) is 6.19. The topological polar surface area (TPSA) is 76.6 Å². The third-order valence-electron chi connectivity index (χ3n) is 3.96. The van der Waals surface area contributed by atoms with Crippen LogP contribution in [-0.4, -0.2) is 22.3 Å². The maximum Gasteiger partial charge on any atom is 0.253 e. The number of primary amides is 1. The van der Waals surface area contributed by atoms with E-state index >= 15 is 0 Å². The van der Waals surface area contributed by atoms with Crippen LogP contribution in [-0.2, 0) is 4.79 Å². The lowest BCUT2D eigenvalue weighted by Gasteiger charge is -2.17. The van der Waals surface area contributed by atoms with Crippen LogP contribution < -0.4 is 11.1 Å². The van der Waals surface area contributed by atoms with Crippen molar-refractivity contribution in [2.45, 2.75) is 25.3 Å². The van der Waals surface area contributed by atoms with Gasteiger partial charge in [0.05, 0.1) is 11.5 Å². The number of fused-ring (bicyclic) bond motifs is 1. The average Bonchev–Trinajstić information content (AvgIpc) is 3.03. The average molecular weight is 271 g/mol. The second-order valence-electron chi connectivity index (χ2n) is 5.28. The van der Waals surface area contributed by atoms with Gasteiger partial charge < -0.3 is 15.5 Å². The molecule has 1 saturated carbocycles. The minimum absolute atomic E-state index is 0.136. The Morgan fingerprint density at radius 2 is 2.15 bits per heavy atom. The lowest BCUT2D eigenvalue weighted by molar-refractivity contribution is -0.122. The maximum atomic E-state index is 12.3. The van der Waals surface area contributed by atoms with Crippen LogP contribution in [0.2, 0.25) is 0 Å². The number of amides is 2. The Bertz CT molecular complexity index is 629. The van der Waals surface area contributed by atoms with Gasteiger partial charge in [0.1, 0.15) is 0 Å². The molecular weight excluding hydrogens is 254 g/mol. The van der Waals surface area contributed by atoms with Crippen LogP contribution in [0.3, 0.4) is 0 Å². The van der Waals surface area contributed by atoms with Crippen molar-refractivity contribution in [1.82, 2.24) is 9.72 Å². The Hall–Kier alpha value is -2.30. The van der Waals surface area contributed by atoms with Crippen LogP contribution in [0, 0.1) is 5.92 Å². The fourth-order valence-electron chi connectivity index (χ4n) is 2.90. The smallest absolute Gasteiger partial charge is 0.253 e. The number of carbonyl (C=O) groups excluding carboxylic acids is 2. The molecule has 0 bridgehead atoms. The van der Waals surface area contributed by atoms with Gasteiger partial charge in [-0.2, -0.15) is 0 Å². The molecule has 0 radical (unpaired) electrons. The van der Waals surface area contributed by atoms with Crippen molar-refractivity contribution in [1.29, 1.82) is 0 Å². The third-order valence-corrected chi connectivity index (χ3v) is 3.96. The van der Waals surface area contributed by atoms with Gasteiger partial charge in [-0.15, -0.1) is 0 Å². The van der Waals surface area contributed by atoms with E-state index in [9.17, 15) is 9.59 Å². The predicted octanol–water partition coefficient (Wildman–Crippen LogP) is 1.32. The molecule has 2 unspecified atom stereocenters. The van der Waals surface area contributed by atoms with Crippen LogP contribution >= 0.6 is 0 Å². The van der Waals surface area contributed by atoms with Crippen LogP contribution in [0.25, 0.3) is 5.52 Å². The van der Waals surface area contributed by atoms with Gasteiger partial charge in [0, 0.05) is 24.0 Å². The first kappa shape index (κ1) is 12.7. The molecule has 3 rings (SSSR count). The van der Waals surface area contributed by atoms with Crippen LogP contribution in [0.15, 0.2) is 36.7 Å². The van der Waals surface area contributed by atoms with Crippen LogP contribution in [0.1, 0.15) is 29.6 Å². The van der Waals surface area contributed by atoms with Gasteiger partial charge in [-0.25, -0.2) is 0 Å². The zero-order valence-corrected chi connectivity index (χ0v) is 11.1. The second-order valence-corrected chi connectivity index (χ2v) is 5.28. The minimum Gasteiger partial charge on any atom is -0.369 e. The van der Waals surface area contributed by atoms with E-state index in [1.54, 1.807) is 6.20 Å². The number of nitrogens with two attached hydrogens (primary N) is 1. The zero-order valence-electron chi connectivity index (χ0n) is 11.1. The normalized spacial score (nSPS) is 22.0. The summed E-state index contributed by atoms with van der Waals surface area (Å²) in [5, 5.41) is 2.93. The van der Waals surface area contributed by atoms with Gasteiger partial charge in [0.15, 0.2) is 0 Å². The first-order valence-electron chi connectivity index (χ1n) is 6.82. The van der Waals surface area contributed by atoms with E-state index in [2.05, 4.69) is 5.32 Å². The summed E-state index contributed by atoms with van der Waals surface area (Å²) < 4.78 is 1.90. The molecule has 2 aromatic rings. The number of rotatable bonds is 3. The number of hydrogen-bond acceptors (Lipinski definition) is 2. The van der Waals surface area contributed by atoms with E-state index in [1.165, 1.54) is 0 Å². The molecule has 0 saturated heterocycles. The highest BCUT2D eigenvalue weighted by Gasteiger charge is 2.32. The second kappa shape index (κ2) is 5.00. The summed E-state index contributed by atoms with van der Waals surface area (Å²) in [7, 11) is 0. The Morgan fingerprint density at radius 3 is 2.90 bits per heavy atom. The molecule has 1 fully saturated rings. The summed E-state index contributed by atoms with van der Waals surface area (Å²) in [4.78, 5) is 23.6. The molecule has 0 spiro atoms. The summed E-state index contributed by atoms with van der Waals surface area (Å²) in [5.41, 5.74) is 6.94. The summed E-state index contributed by atoms with van der Waals surface area (Å²) in [5.74, 6) is -0.710. The number of hydrogen-bond donors (Lipinski definition) is 2. The molecule has 0 aromatic carbocycles. The molecule has 1 aliphatic rings. The van der Waals surface area contributed by atoms with Crippen molar-refractivity contribution < 1.29 is 9.59 Å². The molecule has 2 amide bonds. The molecule has 5 heteroatoms. The molecular formula is C15H17N3O2. The summed E-state index contributed by atoms with van der Waals surface area (Å²) >= 11 is 0. The number of pyridine rings is 1. The van der Waals surface area contributed by atoms with E-state index in [-0.39, 0.29) is 23.8 Å². The number of nitrogens with zero attached hydrogens (tertiary/aromatic N) is 1. The maximum absolute atomic E-state index is 12.3. The first-order chi connectivity index (χ1) is 9.65. The van der Waals surface area contributed by atoms with E-state index in [0.29, 0.717) is 5.56 Å². The molecule has 3 N–H and O–H groups in total. The largest absolute Gasteiger partial charge is 0.369 e. The van der Waals surface area contributed by atoms with Gasteiger partial charge in [0.2, 0.25) is 5.91 Å². The Balaban J connectivity index is 1.77. The molecule has 0 aliphatic heterocycles. The van der Waals surface area contributed by atoms with Gasteiger partial charge in [-0.05, 0) is 31.0 Å². The highest BCUT2D eigenvalue weighted by atomic mass is 16.2. The molecule has 5 nitrogen and oxygen atoms in total. The Morgan fingerprint density at radius 1 is 1.30 bits per heavy atom. The van der Waals surface area contributed by atoms with Gasteiger partial charge in [-0.1, -0.05) is 12.5 Å². The molecule has 2 heterocycles. The molecule has 2 aromatic heterocycles. The van der Waals surface area contributed by atoms with Crippen molar-refractivity contribution >= 4 is 17.3 Å². The Kier molecular flexibility index (Phi) is 3.18.